The first kappa shape index (κ1) is 12.8. The Balaban J connectivity index is 2.09. The standard InChI is InChI=1S/C13H14N4O2/c14-12(18)11-4-5-17(13(11)19)8-10-3-1-2-9(6-10)7-16-15/h1-4,6-7H,5,8,15H2,(H2,14,18). The van der Waals surface area contributed by atoms with E-state index in [0.29, 0.717) is 13.1 Å². The fraction of sp³-hybridized carbons (Fsp3) is 0.154. The Morgan fingerprint density at radius 2 is 2.26 bits per heavy atom. The molecule has 0 saturated heterocycles. The third-order valence-electron chi connectivity index (χ3n) is 2.85. The van der Waals surface area contributed by atoms with Crippen molar-refractivity contribution in [2.45, 2.75) is 6.54 Å². The summed E-state index contributed by atoms with van der Waals surface area (Å²) in [7, 11) is 0. The van der Waals surface area contributed by atoms with Gasteiger partial charge in [-0.25, -0.2) is 0 Å². The third-order valence-corrected chi connectivity index (χ3v) is 2.85. The van der Waals surface area contributed by atoms with Gasteiger partial charge in [0.2, 0.25) is 0 Å². The van der Waals surface area contributed by atoms with Gasteiger partial charge in [0.15, 0.2) is 0 Å². The average molecular weight is 258 g/mol. The van der Waals surface area contributed by atoms with Gasteiger partial charge in [-0.05, 0) is 23.3 Å². The van der Waals surface area contributed by atoms with Gasteiger partial charge >= 0.3 is 0 Å². The average Bonchev–Trinajstić information content (AvgIpc) is 2.72. The monoisotopic (exact) mass is 258 g/mol. The Bertz CT molecular complexity index is 578. The highest BCUT2D eigenvalue weighted by molar-refractivity contribution is 6.19. The maximum Gasteiger partial charge on any atom is 0.259 e. The van der Waals surface area contributed by atoms with Gasteiger partial charge in [0.25, 0.3) is 11.8 Å². The number of rotatable bonds is 4. The second-order valence-corrected chi connectivity index (χ2v) is 4.19. The van der Waals surface area contributed by atoms with Crippen molar-refractivity contribution in [3.05, 3.63) is 47.0 Å². The summed E-state index contributed by atoms with van der Waals surface area (Å²) in [5.41, 5.74) is 6.97. The molecule has 0 fully saturated rings. The van der Waals surface area contributed by atoms with E-state index in [1.54, 1.807) is 11.0 Å². The number of benzene rings is 1. The van der Waals surface area contributed by atoms with E-state index in [1.807, 2.05) is 24.3 Å². The maximum atomic E-state index is 11.9. The van der Waals surface area contributed by atoms with E-state index in [0.717, 1.165) is 11.1 Å². The summed E-state index contributed by atoms with van der Waals surface area (Å²) in [5.74, 6) is 4.08. The normalized spacial score (nSPS) is 15.1. The van der Waals surface area contributed by atoms with Gasteiger partial charge in [-0.2, -0.15) is 5.10 Å². The lowest BCUT2D eigenvalue weighted by molar-refractivity contribution is -0.128. The van der Waals surface area contributed by atoms with Gasteiger partial charge in [0, 0.05) is 13.1 Å². The number of carbonyl (C=O) groups excluding carboxylic acids is 2. The molecule has 1 aliphatic heterocycles. The highest BCUT2D eigenvalue weighted by Crippen LogP contribution is 2.15. The van der Waals surface area contributed by atoms with Crippen LogP contribution in [0.25, 0.3) is 0 Å². The molecular formula is C13H14N4O2. The van der Waals surface area contributed by atoms with E-state index in [-0.39, 0.29) is 11.5 Å². The Hall–Kier alpha value is -2.63. The molecule has 4 N–H and O–H groups in total. The SMILES string of the molecule is NN=Cc1cccc(CN2CC=C(C(N)=O)C2=O)c1. The summed E-state index contributed by atoms with van der Waals surface area (Å²) in [6.45, 7) is 0.810. The zero-order valence-corrected chi connectivity index (χ0v) is 10.2. The molecule has 0 unspecified atom stereocenters. The zero-order valence-electron chi connectivity index (χ0n) is 10.2. The third kappa shape index (κ3) is 2.79. The number of nitrogens with zero attached hydrogens (tertiary/aromatic N) is 2. The lowest BCUT2D eigenvalue weighted by atomic mass is 10.1. The van der Waals surface area contributed by atoms with E-state index in [9.17, 15) is 9.59 Å². The Morgan fingerprint density at radius 3 is 2.89 bits per heavy atom. The molecule has 0 radical (unpaired) electrons. The largest absolute Gasteiger partial charge is 0.365 e. The number of hydrazone groups is 1. The van der Waals surface area contributed by atoms with Crippen LogP contribution >= 0.6 is 0 Å². The van der Waals surface area contributed by atoms with Crippen LogP contribution in [0.5, 0.6) is 0 Å². The molecule has 0 aliphatic carbocycles. The zero-order chi connectivity index (χ0) is 13.8. The van der Waals surface area contributed by atoms with Crippen LogP contribution in [0.2, 0.25) is 0 Å². The molecule has 1 heterocycles. The molecule has 2 amide bonds. The van der Waals surface area contributed by atoms with E-state index in [2.05, 4.69) is 5.10 Å². The molecule has 2 rings (SSSR count). The topological polar surface area (TPSA) is 102 Å². The van der Waals surface area contributed by atoms with Gasteiger partial charge in [-0.1, -0.05) is 18.2 Å². The smallest absolute Gasteiger partial charge is 0.259 e. The summed E-state index contributed by atoms with van der Waals surface area (Å²) in [5, 5.41) is 3.45. The molecule has 6 nitrogen and oxygen atoms in total. The highest BCUT2D eigenvalue weighted by atomic mass is 16.2. The predicted molar refractivity (Wildman–Crippen MR) is 70.9 cm³/mol. The molecule has 1 aromatic rings. The summed E-state index contributed by atoms with van der Waals surface area (Å²) in [4.78, 5) is 24.5. The minimum atomic E-state index is -0.684. The lowest BCUT2D eigenvalue weighted by Crippen LogP contribution is -2.30. The quantitative estimate of drug-likeness (QED) is 0.336. The van der Waals surface area contributed by atoms with Crippen LogP contribution in [0.1, 0.15) is 11.1 Å². The summed E-state index contributed by atoms with van der Waals surface area (Å²) in [6.07, 6.45) is 3.08. The van der Waals surface area contributed by atoms with Gasteiger partial charge in [-0.3, -0.25) is 9.59 Å². The van der Waals surface area contributed by atoms with E-state index >= 15 is 0 Å². The van der Waals surface area contributed by atoms with E-state index in [4.69, 9.17) is 11.6 Å². The van der Waals surface area contributed by atoms with E-state index in [1.165, 1.54) is 6.21 Å². The number of primary amides is 1. The number of hydrogen-bond donors (Lipinski definition) is 2. The molecule has 0 spiro atoms. The summed E-state index contributed by atoms with van der Waals surface area (Å²) in [6, 6.07) is 7.49. The number of nitrogens with two attached hydrogens (primary N) is 2. The molecule has 0 saturated carbocycles. The van der Waals surface area contributed by atoms with Gasteiger partial charge < -0.3 is 16.5 Å². The minimum Gasteiger partial charge on any atom is -0.365 e. The van der Waals surface area contributed by atoms with Gasteiger partial charge in [0.1, 0.15) is 5.57 Å². The van der Waals surface area contributed by atoms with Crippen LogP contribution in [0.3, 0.4) is 0 Å². The van der Waals surface area contributed by atoms with Crippen LogP contribution in [0, 0.1) is 0 Å². The Morgan fingerprint density at radius 1 is 1.47 bits per heavy atom. The molecule has 1 aliphatic rings. The fourth-order valence-corrected chi connectivity index (χ4v) is 1.96. The molecule has 1 aromatic carbocycles. The van der Waals surface area contributed by atoms with Crippen LogP contribution in [0.15, 0.2) is 41.0 Å². The van der Waals surface area contributed by atoms with Crippen molar-refractivity contribution >= 4 is 18.0 Å². The first-order valence-electron chi connectivity index (χ1n) is 5.73. The first-order chi connectivity index (χ1) is 9.11. The van der Waals surface area contributed by atoms with Crippen molar-refractivity contribution in [2.24, 2.45) is 16.7 Å². The van der Waals surface area contributed by atoms with Crippen molar-refractivity contribution in [1.82, 2.24) is 4.90 Å². The van der Waals surface area contributed by atoms with Crippen molar-refractivity contribution in [3.8, 4) is 0 Å². The maximum absolute atomic E-state index is 11.9. The predicted octanol–water partition coefficient (Wildman–Crippen LogP) is -0.267. The van der Waals surface area contributed by atoms with Crippen molar-refractivity contribution < 1.29 is 9.59 Å². The molecule has 0 atom stereocenters. The lowest BCUT2D eigenvalue weighted by Gasteiger charge is -2.16. The van der Waals surface area contributed by atoms with Gasteiger partial charge in [-0.15, -0.1) is 0 Å². The van der Waals surface area contributed by atoms with Crippen LogP contribution < -0.4 is 11.6 Å². The Kier molecular flexibility index (Phi) is 3.61. The van der Waals surface area contributed by atoms with Crippen LogP contribution in [0.4, 0.5) is 0 Å². The summed E-state index contributed by atoms with van der Waals surface area (Å²) >= 11 is 0. The Labute approximate surface area is 110 Å². The minimum absolute atomic E-state index is 0.0553. The first-order valence-corrected chi connectivity index (χ1v) is 5.73. The summed E-state index contributed by atoms with van der Waals surface area (Å²) < 4.78 is 0. The molecule has 19 heavy (non-hydrogen) atoms. The molecule has 6 heteroatoms. The van der Waals surface area contributed by atoms with Crippen molar-refractivity contribution in [2.75, 3.05) is 6.54 Å². The van der Waals surface area contributed by atoms with Crippen molar-refractivity contribution in [1.29, 1.82) is 0 Å². The molecule has 0 aromatic heterocycles. The highest BCUT2D eigenvalue weighted by Gasteiger charge is 2.27. The van der Waals surface area contributed by atoms with Gasteiger partial charge in [0.05, 0.1) is 6.21 Å². The second-order valence-electron chi connectivity index (χ2n) is 4.19. The van der Waals surface area contributed by atoms with Crippen molar-refractivity contribution in [3.63, 3.8) is 0 Å². The fourth-order valence-electron chi connectivity index (χ4n) is 1.96. The second kappa shape index (κ2) is 5.34. The van der Waals surface area contributed by atoms with Crippen LogP contribution in [-0.2, 0) is 16.1 Å². The van der Waals surface area contributed by atoms with Crippen LogP contribution in [-0.4, -0.2) is 29.5 Å². The number of carbonyl (C=O) groups is 2. The molecule has 0 bridgehead atoms. The van der Waals surface area contributed by atoms with E-state index < -0.39 is 5.91 Å². The molecular weight excluding hydrogens is 244 g/mol. The molecule has 98 valence electrons. The number of amides is 2. The number of hydrogen-bond acceptors (Lipinski definition) is 4.